The number of hydrogen-bond acceptors (Lipinski definition) is 6. The Kier molecular flexibility index (Phi) is 6.11. The Bertz CT molecular complexity index is 1270. The van der Waals surface area contributed by atoms with Gasteiger partial charge in [0.25, 0.3) is 0 Å². The molecule has 31 heavy (non-hydrogen) atoms. The fraction of sp³-hybridized carbons (Fsp3) is 0.240. The summed E-state index contributed by atoms with van der Waals surface area (Å²) in [6.07, 6.45) is 4.47. The molecule has 0 saturated heterocycles. The molecule has 0 saturated carbocycles. The molecule has 0 unspecified atom stereocenters. The molecule has 0 amide bonds. The maximum Gasteiger partial charge on any atom is 0.197 e. The molecule has 3 aromatic rings. The van der Waals surface area contributed by atoms with Crippen molar-refractivity contribution in [3.8, 4) is 34.3 Å². The second-order valence-corrected chi connectivity index (χ2v) is 8.04. The highest BCUT2D eigenvalue weighted by molar-refractivity contribution is 5.88. The van der Waals surface area contributed by atoms with Crippen LogP contribution in [0.25, 0.3) is 22.3 Å². The molecule has 0 aliphatic carbocycles. The first-order valence-electron chi connectivity index (χ1n) is 9.92. The summed E-state index contributed by atoms with van der Waals surface area (Å²) in [7, 11) is 0. The third-order valence-electron chi connectivity index (χ3n) is 4.98. The summed E-state index contributed by atoms with van der Waals surface area (Å²) in [6.45, 7) is 7.66. The predicted octanol–water partition coefficient (Wildman–Crippen LogP) is 5.30. The molecule has 0 bridgehead atoms. The number of aromatic hydroxyl groups is 4. The SMILES string of the molecule is CC(C)=CCc1cc(-c2cc(=O)c3c(O)c(CC=C(C)C)c(O)cc3o2)c(O)cc1O. The van der Waals surface area contributed by atoms with Crippen LogP contribution in [0.2, 0.25) is 0 Å². The number of phenols is 4. The average molecular weight is 422 g/mol. The zero-order valence-corrected chi connectivity index (χ0v) is 18.0. The molecular formula is C25H26O6. The molecule has 3 rings (SSSR count). The highest BCUT2D eigenvalue weighted by Crippen LogP contribution is 2.39. The maximum atomic E-state index is 12.8. The molecule has 1 heterocycles. The Morgan fingerprint density at radius 2 is 1.48 bits per heavy atom. The van der Waals surface area contributed by atoms with E-state index >= 15 is 0 Å². The van der Waals surface area contributed by atoms with Crippen molar-refractivity contribution in [1.82, 2.24) is 0 Å². The smallest absolute Gasteiger partial charge is 0.197 e. The van der Waals surface area contributed by atoms with Crippen molar-refractivity contribution in [3.63, 3.8) is 0 Å². The van der Waals surface area contributed by atoms with Crippen molar-refractivity contribution in [1.29, 1.82) is 0 Å². The summed E-state index contributed by atoms with van der Waals surface area (Å²) in [4.78, 5) is 12.8. The van der Waals surface area contributed by atoms with Crippen LogP contribution in [-0.2, 0) is 12.8 Å². The third kappa shape index (κ3) is 4.58. The zero-order valence-electron chi connectivity index (χ0n) is 18.0. The lowest BCUT2D eigenvalue weighted by Gasteiger charge is -2.12. The molecule has 6 nitrogen and oxygen atoms in total. The Morgan fingerprint density at radius 1 is 0.839 bits per heavy atom. The van der Waals surface area contributed by atoms with E-state index in [-0.39, 0.29) is 57.3 Å². The average Bonchev–Trinajstić information content (AvgIpc) is 2.66. The van der Waals surface area contributed by atoms with Gasteiger partial charge in [-0.2, -0.15) is 0 Å². The first-order valence-corrected chi connectivity index (χ1v) is 9.92. The summed E-state index contributed by atoms with van der Waals surface area (Å²) in [6, 6.07) is 5.22. The minimum Gasteiger partial charge on any atom is -0.508 e. The van der Waals surface area contributed by atoms with Gasteiger partial charge in [-0.25, -0.2) is 0 Å². The van der Waals surface area contributed by atoms with Gasteiger partial charge >= 0.3 is 0 Å². The lowest BCUT2D eigenvalue weighted by atomic mass is 10.0. The molecule has 162 valence electrons. The monoisotopic (exact) mass is 422 g/mol. The van der Waals surface area contributed by atoms with E-state index in [1.54, 1.807) is 6.07 Å². The number of benzene rings is 2. The van der Waals surface area contributed by atoms with Crippen LogP contribution in [0, 0.1) is 0 Å². The Labute approximate surface area is 180 Å². The van der Waals surface area contributed by atoms with Gasteiger partial charge in [0.15, 0.2) is 5.43 Å². The minimum absolute atomic E-state index is 0.00299. The third-order valence-corrected chi connectivity index (χ3v) is 4.98. The fourth-order valence-corrected chi connectivity index (χ4v) is 3.27. The van der Waals surface area contributed by atoms with E-state index in [4.69, 9.17) is 4.42 Å². The summed E-state index contributed by atoms with van der Waals surface area (Å²) >= 11 is 0. The van der Waals surface area contributed by atoms with Crippen LogP contribution in [0.4, 0.5) is 0 Å². The van der Waals surface area contributed by atoms with Crippen LogP contribution in [-0.4, -0.2) is 20.4 Å². The number of rotatable bonds is 5. The first kappa shape index (κ1) is 22.0. The molecule has 1 aromatic heterocycles. The van der Waals surface area contributed by atoms with Crippen LogP contribution in [0.15, 0.2) is 56.8 Å². The van der Waals surface area contributed by atoms with Crippen LogP contribution >= 0.6 is 0 Å². The first-order chi connectivity index (χ1) is 14.6. The fourth-order valence-electron chi connectivity index (χ4n) is 3.27. The number of phenolic OH excluding ortho intramolecular Hbond substituents is 4. The predicted molar refractivity (Wildman–Crippen MR) is 121 cm³/mol. The topological polar surface area (TPSA) is 111 Å². The van der Waals surface area contributed by atoms with Gasteiger partial charge < -0.3 is 24.8 Å². The lowest BCUT2D eigenvalue weighted by molar-refractivity contribution is 0.442. The van der Waals surface area contributed by atoms with E-state index < -0.39 is 5.43 Å². The zero-order chi connectivity index (χ0) is 22.9. The molecule has 0 radical (unpaired) electrons. The summed E-state index contributed by atoms with van der Waals surface area (Å²) in [5.74, 6) is -0.783. The van der Waals surface area contributed by atoms with E-state index in [0.717, 1.165) is 11.1 Å². The molecule has 0 spiro atoms. The highest BCUT2D eigenvalue weighted by Gasteiger charge is 2.19. The molecule has 0 aliphatic heterocycles. The standard InChI is InChI=1S/C25H26O6/c1-13(2)5-7-15-9-17(19(27)10-18(15)26)22-12-21(29)24-23(31-22)11-20(28)16(25(24)30)8-6-14(3)4/h5-6,9-12,26-28,30H,7-8H2,1-4H3. The van der Waals surface area contributed by atoms with Crippen molar-refractivity contribution < 1.29 is 24.8 Å². The van der Waals surface area contributed by atoms with E-state index in [0.29, 0.717) is 12.0 Å². The molecule has 0 fully saturated rings. The second-order valence-electron chi connectivity index (χ2n) is 8.04. The minimum atomic E-state index is -0.509. The summed E-state index contributed by atoms with van der Waals surface area (Å²) < 4.78 is 5.78. The van der Waals surface area contributed by atoms with E-state index in [2.05, 4.69) is 0 Å². The van der Waals surface area contributed by atoms with Gasteiger partial charge in [-0.3, -0.25) is 4.79 Å². The molecule has 0 aliphatic rings. The largest absolute Gasteiger partial charge is 0.508 e. The van der Waals surface area contributed by atoms with Crippen LogP contribution < -0.4 is 5.43 Å². The van der Waals surface area contributed by atoms with Gasteiger partial charge in [0.2, 0.25) is 0 Å². The van der Waals surface area contributed by atoms with Crippen molar-refractivity contribution in [3.05, 3.63) is 68.9 Å². The van der Waals surface area contributed by atoms with Gasteiger partial charge in [-0.1, -0.05) is 23.3 Å². The van der Waals surface area contributed by atoms with Gasteiger partial charge in [0, 0.05) is 23.8 Å². The van der Waals surface area contributed by atoms with Gasteiger partial charge in [0.1, 0.15) is 39.7 Å². The molecule has 2 aromatic carbocycles. The Hall–Kier alpha value is -3.67. The van der Waals surface area contributed by atoms with E-state index in [1.165, 1.54) is 18.2 Å². The van der Waals surface area contributed by atoms with E-state index in [1.807, 2.05) is 39.8 Å². The number of hydrogen-bond donors (Lipinski definition) is 4. The highest BCUT2D eigenvalue weighted by atomic mass is 16.3. The molecular weight excluding hydrogens is 396 g/mol. The van der Waals surface area contributed by atoms with Crippen molar-refractivity contribution in [2.45, 2.75) is 40.5 Å². The number of allylic oxidation sites excluding steroid dienone is 4. The van der Waals surface area contributed by atoms with Crippen molar-refractivity contribution >= 4 is 11.0 Å². The maximum absolute atomic E-state index is 12.8. The number of fused-ring (bicyclic) bond motifs is 1. The summed E-state index contributed by atoms with van der Waals surface area (Å²) in [5, 5.41) is 41.4. The van der Waals surface area contributed by atoms with Crippen molar-refractivity contribution in [2.75, 3.05) is 0 Å². The Morgan fingerprint density at radius 3 is 2.13 bits per heavy atom. The van der Waals surface area contributed by atoms with Crippen LogP contribution in [0.1, 0.15) is 38.8 Å². The Balaban J connectivity index is 2.18. The van der Waals surface area contributed by atoms with Crippen molar-refractivity contribution in [2.24, 2.45) is 0 Å². The van der Waals surface area contributed by atoms with Crippen LogP contribution in [0.3, 0.4) is 0 Å². The quantitative estimate of drug-likeness (QED) is 0.415. The van der Waals surface area contributed by atoms with E-state index in [9.17, 15) is 25.2 Å². The van der Waals surface area contributed by atoms with Crippen LogP contribution in [0.5, 0.6) is 23.0 Å². The molecule has 0 atom stereocenters. The second kappa shape index (κ2) is 8.60. The molecule has 4 N–H and O–H groups in total. The summed E-state index contributed by atoms with van der Waals surface area (Å²) in [5.41, 5.74) is 2.59. The van der Waals surface area contributed by atoms with Gasteiger partial charge in [-0.05, 0) is 52.2 Å². The van der Waals surface area contributed by atoms with Gasteiger partial charge in [-0.15, -0.1) is 0 Å². The lowest BCUT2D eigenvalue weighted by Crippen LogP contribution is -2.03. The molecule has 6 heteroatoms. The normalized spacial score (nSPS) is 10.8. The van der Waals surface area contributed by atoms with Gasteiger partial charge in [0.05, 0.1) is 5.56 Å².